The van der Waals surface area contributed by atoms with E-state index in [1.54, 1.807) is 24.3 Å². The monoisotopic (exact) mass is 391 g/mol. The van der Waals surface area contributed by atoms with Crippen molar-refractivity contribution in [1.82, 2.24) is 5.32 Å². The van der Waals surface area contributed by atoms with Crippen LogP contribution in [0.5, 0.6) is 0 Å². The van der Waals surface area contributed by atoms with Crippen molar-refractivity contribution >= 4 is 34.7 Å². The van der Waals surface area contributed by atoms with Crippen LogP contribution in [0.25, 0.3) is 0 Å². The summed E-state index contributed by atoms with van der Waals surface area (Å²) in [6.07, 6.45) is 0. The fourth-order valence-electron chi connectivity index (χ4n) is 2.30. The fraction of sp³-hybridized carbons (Fsp3) is 0.0476. The molecule has 3 rings (SSSR count). The number of azo groups is 1. The number of anilines is 2. The first-order valence-corrected chi connectivity index (χ1v) is 8.75. The molecular formula is C21H18FN5O2. The molecule has 0 spiro atoms. The molecule has 0 aliphatic heterocycles. The smallest absolute Gasteiger partial charge is 0.319 e. The highest BCUT2D eigenvalue weighted by Gasteiger charge is 2.06. The molecule has 0 saturated heterocycles. The van der Waals surface area contributed by atoms with Crippen LogP contribution in [-0.4, -0.2) is 18.5 Å². The van der Waals surface area contributed by atoms with Crippen molar-refractivity contribution in [2.45, 2.75) is 0 Å². The van der Waals surface area contributed by atoms with Crippen LogP contribution in [0.1, 0.15) is 0 Å². The van der Waals surface area contributed by atoms with Crippen molar-refractivity contribution in [2.75, 3.05) is 17.2 Å². The highest BCUT2D eigenvalue weighted by atomic mass is 19.1. The zero-order valence-corrected chi connectivity index (χ0v) is 15.3. The maximum atomic E-state index is 12.8. The molecule has 0 atom stereocenters. The summed E-state index contributed by atoms with van der Waals surface area (Å²) in [7, 11) is 0. The van der Waals surface area contributed by atoms with Gasteiger partial charge in [0.1, 0.15) is 5.82 Å². The highest BCUT2D eigenvalue weighted by molar-refractivity contribution is 5.96. The molecule has 0 bridgehead atoms. The number of rotatable bonds is 6. The summed E-state index contributed by atoms with van der Waals surface area (Å²) in [5.41, 5.74) is 2.37. The number of nitrogens with zero attached hydrogens (tertiary/aromatic N) is 2. The molecule has 146 valence electrons. The van der Waals surface area contributed by atoms with Gasteiger partial charge in [0.2, 0.25) is 5.91 Å². The van der Waals surface area contributed by atoms with Gasteiger partial charge in [-0.25, -0.2) is 9.18 Å². The summed E-state index contributed by atoms with van der Waals surface area (Å²) in [6, 6.07) is 20.9. The lowest BCUT2D eigenvalue weighted by Crippen LogP contribution is -2.35. The van der Waals surface area contributed by atoms with Gasteiger partial charge in [-0.1, -0.05) is 18.2 Å². The average Bonchev–Trinajstić information content (AvgIpc) is 2.74. The van der Waals surface area contributed by atoms with E-state index < -0.39 is 17.8 Å². The van der Waals surface area contributed by atoms with Gasteiger partial charge < -0.3 is 16.0 Å². The number of carbonyl (C=O) groups excluding carboxylic acids is 2. The minimum Gasteiger partial charge on any atom is -0.329 e. The SMILES string of the molecule is O=C(CNC(=O)Nc1ccc(N=Nc2ccccc2)cc1)Nc1ccc(F)cc1. The average molecular weight is 391 g/mol. The minimum atomic E-state index is -0.530. The standard InChI is InChI=1S/C21H18FN5O2/c22-15-6-8-16(9-7-15)24-20(28)14-23-21(29)25-17-10-12-19(13-11-17)27-26-18-4-2-1-3-5-18/h1-13H,14H2,(H,24,28)(H2,23,25,29). The number of urea groups is 1. The van der Waals surface area contributed by atoms with Gasteiger partial charge in [0.05, 0.1) is 17.9 Å². The van der Waals surface area contributed by atoms with Crippen molar-refractivity contribution in [2.24, 2.45) is 10.2 Å². The quantitative estimate of drug-likeness (QED) is 0.516. The lowest BCUT2D eigenvalue weighted by Gasteiger charge is -2.08. The molecule has 3 aromatic carbocycles. The van der Waals surface area contributed by atoms with Gasteiger partial charge in [0.25, 0.3) is 0 Å². The van der Waals surface area contributed by atoms with Crippen LogP contribution >= 0.6 is 0 Å². The van der Waals surface area contributed by atoms with Crippen molar-refractivity contribution in [3.05, 3.63) is 84.7 Å². The molecule has 8 heteroatoms. The van der Waals surface area contributed by atoms with E-state index >= 15 is 0 Å². The second kappa shape index (κ2) is 9.75. The number of benzene rings is 3. The van der Waals surface area contributed by atoms with Crippen molar-refractivity contribution in [1.29, 1.82) is 0 Å². The number of carbonyl (C=O) groups is 2. The van der Waals surface area contributed by atoms with Gasteiger partial charge in [0.15, 0.2) is 0 Å². The summed E-state index contributed by atoms with van der Waals surface area (Å²) in [6.45, 7) is -0.230. The van der Waals surface area contributed by atoms with Gasteiger partial charge in [-0.2, -0.15) is 10.2 Å². The Bertz CT molecular complexity index is 990. The Morgan fingerprint density at radius 2 is 1.28 bits per heavy atom. The first-order chi connectivity index (χ1) is 14.1. The third-order valence-electron chi connectivity index (χ3n) is 3.70. The van der Waals surface area contributed by atoms with Crippen LogP contribution in [0.3, 0.4) is 0 Å². The number of hydrogen-bond donors (Lipinski definition) is 3. The Hall–Kier alpha value is -4.07. The van der Waals surface area contributed by atoms with E-state index in [-0.39, 0.29) is 6.54 Å². The summed E-state index contributed by atoms with van der Waals surface area (Å²) < 4.78 is 12.8. The first kappa shape index (κ1) is 19.7. The molecule has 0 aliphatic rings. The van der Waals surface area contributed by atoms with Crippen LogP contribution in [0, 0.1) is 5.82 Å². The zero-order valence-electron chi connectivity index (χ0n) is 15.3. The van der Waals surface area contributed by atoms with E-state index in [1.807, 2.05) is 30.3 Å². The predicted molar refractivity (Wildman–Crippen MR) is 109 cm³/mol. The third-order valence-corrected chi connectivity index (χ3v) is 3.70. The molecule has 7 nitrogen and oxygen atoms in total. The maximum Gasteiger partial charge on any atom is 0.319 e. The third kappa shape index (κ3) is 6.55. The number of halogens is 1. The first-order valence-electron chi connectivity index (χ1n) is 8.75. The van der Waals surface area contributed by atoms with Crippen LogP contribution in [0.2, 0.25) is 0 Å². The second-order valence-corrected chi connectivity index (χ2v) is 5.95. The molecule has 0 radical (unpaired) electrons. The van der Waals surface area contributed by atoms with Crippen LogP contribution in [0.4, 0.5) is 31.9 Å². The number of hydrogen-bond acceptors (Lipinski definition) is 4. The lowest BCUT2D eigenvalue weighted by atomic mass is 10.3. The Morgan fingerprint density at radius 1 is 0.724 bits per heavy atom. The van der Waals surface area contributed by atoms with E-state index in [9.17, 15) is 14.0 Å². The normalized spacial score (nSPS) is 10.5. The Labute approximate surface area is 166 Å². The van der Waals surface area contributed by atoms with Gasteiger partial charge in [-0.3, -0.25) is 4.79 Å². The molecule has 3 aromatic rings. The van der Waals surface area contributed by atoms with E-state index in [2.05, 4.69) is 26.2 Å². The Balaban J connectivity index is 1.44. The Morgan fingerprint density at radius 3 is 1.93 bits per heavy atom. The van der Waals surface area contributed by atoms with Gasteiger partial charge in [-0.15, -0.1) is 0 Å². The molecular weight excluding hydrogens is 373 g/mol. The number of amides is 3. The lowest BCUT2D eigenvalue weighted by molar-refractivity contribution is -0.115. The van der Waals surface area contributed by atoms with Crippen LogP contribution < -0.4 is 16.0 Å². The minimum absolute atomic E-state index is 0.230. The van der Waals surface area contributed by atoms with Gasteiger partial charge >= 0.3 is 6.03 Å². The summed E-state index contributed by atoms with van der Waals surface area (Å²) in [5, 5.41) is 15.9. The van der Waals surface area contributed by atoms with Crippen molar-refractivity contribution in [3.63, 3.8) is 0 Å². The fourth-order valence-corrected chi connectivity index (χ4v) is 2.30. The van der Waals surface area contributed by atoms with Gasteiger partial charge in [-0.05, 0) is 60.7 Å². The predicted octanol–water partition coefficient (Wildman–Crippen LogP) is 5.00. The number of nitrogens with one attached hydrogen (secondary N) is 3. The molecule has 0 heterocycles. The summed E-state index contributed by atoms with van der Waals surface area (Å²) in [5.74, 6) is -0.823. The summed E-state index contributed by atoms with van der Waals surface area (Å²) in [4.78, 5) is 23.7. The molecule has 0 fully saturated rings. The van der Waals surface area contributed by atoms with Crippen molar-refractivity contribution < 1.29 is 14.0 Å². The van der Waals surface area contributed by atoms with E-state index in [4.69, 9.17) is 0 Å². The van der Waals surface area contributed by atoms with Gasteiger partial charge in [0, 0.05) is 11.4 Å². The molecule has 3 N–H and O–H groups in total. The molecule has 29 heavy (non-hydrogen) atoms. The zero-order chi connectivity index (χ0) is 20.5. The highest BCUT2D eigenvalue weighted by Crippen LogP contribution is 2.19. The van der Waals surface area contributed by atoms with Crippen molar-refractivity contribution in [3.8, 4) is 0 Å². The van der Waals surface area contributed by atoms with E-state index in [0.717, 1.165) is 5.69 Å². The Kier molecular flexibility index (Phi) is 6.62. The molecule has 3 amide bonds. The maximum absolute atomic E-state index is 12.8. The molecule has 0 aliphatic carbocycles. The van der Waals surface area contributed by atoms with E-state index in [1.165, 1.54) is 24.3 Å². The largest absolute Gasteiger partial charge is 0.329 e. The molecule has 0 saturated carbocycles. The summed E-state index contributed by atoms with van der Waals surface area (Å²) >= 11 is 0. The van der Waals surface area contributed by atoms with E-state index in [0.29, 0.717) is 17.1 Å². The molecule has 0 aromatic heterocycles. The second-order valence-electron chi connectivity index (χ2n) is 5.95. The van der Waals surface area contributed by atoms with Crippen LogP contribution in [-0.2, 0) is 4.79 Å². The molecule has 0 unspecified atom stereocenters. The van der Waals surface area contributed by atoms with Crippen LogP contribution in [0.15, 0.2) is 89.1 Å². The topological polar surface area (TPSA) is 95.0 Å².